The van der Waals surface area contributed by atoms with Crippen molar-refractivity contribution in [2.24, 2.45) is 0 Å². The largest absolute Gasteiger partial charge is 1.00 e. The zero-order valence-corrected chi connectivity index (χ0v) is 30.5. The average molecular weight is 730 g/mol. The summed E-state index contributed by atoms with van der Waals surface area (Å²) < 4.78 is 99.2. The van der Waals surface area contributed by atoms with Crippen LogP contribution in [0.4, 0.5) is 32.3 Å². The van der Waals surface area contributed by atoms with E-state index in [0.29, 0.717) is 45.9 Å². The van der Waals surface area contributed by atoms with Crippen molar-refractivity contribution in [2.45, 2.75) is 57.7 Å². The second-order valence-electron chi connectivity index (χ2n) is 11.8. The topological polar surface area (TPSA) is 117 Å². The maximum absolute atomic E-state index is 13.8. The predicted molar refractivity (Wildman–Crippen MR) is 168 cm³/mol. The van der Waals surface area contributed by atoms with Crippen LogP contribution in [0, 0.1) is 0 Å². The van der Waals surface area contributed by atoms with Crippen LogP contribution in [0.2, 0.25) is 0 Å². The second-order valence-corrected chi connectivity index (χ2v) is 11.8. The Labute approximate surface area is 312 Å². The fraction of sp³-hybridized carbons (Fsp3) is 0.343. The first-order valence-electron chi connectivity index (χ1n) is 15.1. The molecule has 3 aromatic carbocycles. The van der Waals surface area contributed by atoms with Crippen LogP contribution in [-0.4, -0.2) is 41.9 Å². The van der Waals surface area contributed by atoms with Crippen molar-refractivity contribution < 1.29 is 85.1 Å². The second kappa shape index (κ2) is 17.0. The predicted octanol–water partition coefficient (Wildman–Crippen LogP) is 3.55. The summed E-state index contributed by atoms with van der Waals surface area (Å²) in [6.07, 6.45) is -7.71. The third-order valence-corrected chi connectivity index (χ3v) is 7.58. The molecule has 4 rings (SSSR count). The smallest absolute Gasteiger partial charge is 0.550 e. The number of aliphatic hydroxyl groups is 1. The first kappa shape index (κ1) is 41.4. The summed E-state index contributed by atoms with van der Waals surface area (Å²) in [5, 5.41) is 21.4. The van der Waals surface area contributed by atoms with Gasteiger partial charge in [-0.3, -0.25) is 0 Å². The van der Waals surface area contributed by atoms with Gasteiger partial charge in [0.1, 0.15) is 11.5 Å². The van der Waals surface area contributed by atoms with E-state index >= 15 is 0 Å². The Hall–Kier alpha value is -4.05. The van der Waals surface area contributed by atoms with E-state index in [2.05, 4.69) is 9.97 Å². The van der Waals surface area contributed by atoms with E-state index < -0.39 is 41.6 Å². The molecule has 0 saturated carbocycles. The van der Waals surface area contributed by atoms with Crippen LogP contribution in [-0.2, 0) is 35.8 Å². The van der Waals surface area contributed by atoms with Gasteiger partial charge in [-0.05, 0) is 91.4 Å². The Bertz CT molecular complexity index is 1760. The van der Waals surface area contributed by atoms with Gasteiger partial charge in [-0.2, -0.15) is 26.3 Å². The number of ether oxygens (including phenoxy) is 3. The molecule has 0 spiro atoms. The van der Waals surface area contributed by atoms with Crippen LogP contribution in [0.15, 0.2) is 67.0 Å². The van der Waals surface area contributed by atoms with Gasteiger partial charge in [0.05, 0.1) is 49.9 Å². The van der Waals surface area contributed by atoms with Crippen molar-refractivity contribution in [1.29, 1.82) is 0 Å². The molecule has 16 heteroatoms. The number of carboxylic acid groups (broad SMARTS) is 1. The molecule has 0 saturated heterocycles. The van der Waals surface area contributed by atoms with E-state index in [0.717, 1.165) is 0 Å². The molecule has 0 aliphatic rings. The Kier molecular flexibility index (Phi) is 13.8. The molecular weight excluding hydrogens is 695 g/mol. The molecular formula is C35H34F6N3NaO6. The molecule has 268 valence electrons. The van der Waals surface area contributed by atoms with E-state index in [1.807, 2.05) is 0 Å². The summed E-state index contributed by atoms with van der Waals surface area (Å²) in [6, 6.07) is 11.5. The molecule has 0 atom stereocenters. The minimum absolute atomic E-state index is 0. The number of hydrogen-bond donors (Lipinski definition) is 1. The van der Waals surface area contributed by atoms with Crippen molar-refractivity contribution in [3.8, 4) is 28.4 Å². The maximum Gasteiger partial charge on any atom is 1.00 e. The number of benzene rings is 3. The number of carboxylic acids is 1. The minimum Gasteiger partial charge on any atom is -0.550 e. The zero-order chi connectivity index (χ0) is 36.9. The number of hydrogen-bond acceptors (Lipinski definition) is 9. The third kappa shape index (κ3) is 11.2. The zero-order valence-electron chi connectivity index (χ0n) is 28.5. The summed E-state index contributed by atoms with van der Waals surface area (Å²) in [7, 11) is 2.89. The first-order valence-corrected chi connectivity index (χ1v) is 15.1. The van der Waals surface area contributed by atoms with Gasteiger partial charge in [0.25, 0.3) is 0 Å². The molecule has 0 fully saturated rings. The summed E-state index contributed by atoms with van der Waals surface area (Å²) >= 11 is 0. The van der Waals surface area contributed by atoms with Gasteiger partial charge >= 0.3 is 41.9 Å². The Morgan fingerprint density at radius 3 is 1.96 bits per heavy atom. The normalized spacial score (nSPS) is 11.8. The molecule has 0 bridgehead atoms. The molecule has 9 nitrogen and oxygen atoms in total. The Morgan fingerprint density at radius 2 is 1.43 bits per heavy atom. The van der Waals surface area contributed by atoms with E-state index in [4.69, 9.17) is 14.2 Å². The number of aliphatic carboxylic acids is 1. The van der Waals surface area contributed by atoms with E-state index in [1.165, 1.54) is 31.5 Å². The fourth-order valence-electron chi connectivity index (χ4n) is 5.08. The van der Waals surface area contributed by atoms with Crippen molar-refractivity contribution in [1.82, 2.24) is 9.97 Å². The molecule has 1 aromatic heterocycles. The number of aromatic nitrogens is 2. The van der Waals surface area contributed by atoms with Crippen LogP contribution >= 0.6 is 0 Å². The van der Waals surface area contributed by atoms with Crippen molar-refractivity contribution in [2.75, 3.05) is 25.7 Å². The van der Waals surface area contributed by atoms with Gasteiger partial charge in [0.15, 0.2) is 5.75 Å². The number of methoxy groups -OCH3 is 2. The van der Waals surface area contributed by atoms with Gasteiger partial charge in [-0.1, -0.05) is 12.1 Å². The molecule has 1 N–H and O–H groups in total. The quantitative estimate of drug-likeness (QED) is 0.118. The van der Waals surface area contributed by atoms with Crippen LogP contribution in [0.25, 0.3) is 11.1 Å². The SMILES string of the molecule is COc1ccc(-c2cc(C(C)(C)O)ccc2OC)c(CN(Cc2cc(C(F)(F)F)cc(C(F)(F)F)c2)c2ncc(OCCCC(=O)[O-])cn2)c1.[Na+]. The van der Waals surface area contributed by atoms with Crippen LogP contribution in [0.3, 0.4) is 0 Å². The number of halogens is 6. The molecule has 0 radical (unpaired) electrons. The summed E-state index contributed by atoms with van der Waals surface area (Å²) in [5.41, 5.74) is -2.33. The average Bonchev–Trinajstić information content (AvgIpc) is 3.05. The first-order chi connectivity index (χ1) is 23.4. The van der Waals surface area contributed by atoms with Crippen molar-refractivity contribution >= 4 is 11.9 Å². The van der Waals surface area contributed by atoms with Crippen LogP contribution < -0.4 is 53.8 Å². The van der Waals surface area contributed by atoms with Gasteiger partial charge in [0.2, 0.25) is 5.95 Å². The molecule has 0 amide bonds. The summed E-state index contributed by atoms with van der Waals surface area (Å²) in [4.78, 5) is 20.6. The van der Waals surface area contributed by atoms with E-state index in [1.54, 1.807) is 50.2 Å². The molecule has 4 aromatic rings. The minimum atomic E-state index is -5.06. The number of anilines is 1. The van der Waals surface area contributed by atoms with Gasteiger partial charge in [-0.25, -0.2) is 9.97 Å². The third-order valence-electron chi connectivity index (χ3n) is 7.58. The van der Waals surface area contributed by atoms with Gasteiger partial charge < -0.3 is 34.1 Å². The van der Waals surface area contributed by atoms with Crippen molar-refractivity contribution in [3.05, 3.63) is 94.8 Å². The Morgan fingerprint density at radius 1 is 0.804 bits per heavy atom. The molecule has 51 heavy (non-hydrogen) atoms. The summed E-state index contributed by atoms with van der Waals surface area (Å²) in [5.74, 6) is -0.328. The molecule has 0 aliphatic carbocycles. The molecule has 0 unspecified atom stereocenters. The van der Waals surface area contributed by atoms with Gasteiger partial charge in [0, 0.05) is 24.6 Å². The monoisotopic (exact) mass is 729 g/mol. The Balaban J connectivity index is 0.00000702. The summed E-state index contributed by atoms with van der Waals surface area (Å²) in [6.45, 7) is 2.58. The fourth-order valence-corrected chi connectivity index (χ4v) is 5.08. The number of alkyl halides is 6. The molecule has 0 aliphatic heterocycles. The maximum atomic E-state index is 13.8. The number of carbonyl (C=O) groups is 1. The molecule has 1 heterocycles. The van der Waals surface area contributed by atoms with E-state index in [-0.39, 0.29) is 78.9 Å². The van der Waals surface area contributed by atoms with Crippen LogP contribution in [0.1, 0.15) is 54.5 Å². The van der Waals surface area contributed by atoms with Gasteiger partial charge in [-0.15, -0.1) is 0 Å². The van der Waals surface area contributed by atoms with E-state index in [9.17, 15) is 41.4 Å². The standard InChI is InChI=1S/C35H35F6N3O6.Na/c1-33(2,47)23-7-10-30(49-4)29(16-23)28-9-8-26(48-3)14-22(28)20-44(32-42-17-27(18-43-32)50-11-5-6-31(45)46)19-21-12-24(34(36,37)38)15-25(13-21)35(39,40)41;/h7-10,12-18,47H,5-6,11,19-20H2,1-4H3,(H,45,46);/q;+1/p-1. The number of rotatable bonds is 14. The number of carbonyl (C=O) groups excluding carboxylic acids is 1. The van der Waals surface area contributed by atoms with Crippen molar-refractivity contribution in [3.63, 3.8) is 0 Å². The van der Waals surface area contributed by atoms with Crippen LogP contribution in [0.5, 0.6) is 17.2 Å². The number of nitrogens with zero attached hydrogens (tertiary/aromatic N) is 3.